The van der Waals surface area contributed by atoms with E-state index in [1.807, 2.05) is 22.9 Å². The summed E-state index contributed by atoms with van der Waals surface area (Å²) in [6, 6.07) is 2.72. The summed E-state index contributed by atoms with van der Waals surface area (Å²) in [7, 11) is 3.16. The second-order valence-electron chi connectivity index (χ2n) is 12.9. The number of primary amides is 1. The van der Waals surface area contributed by atoms with Crippen molar-refractivity contribution in [2.24, 2.45) is 23.0 Å². The molecule has 4 unspecified atom stereocenters. The number of aromatic hydroxyl groups is 1. The number of phenolic OH excluding ortho intramolecular Hbond substituents is 1. The lowest BCUT2D eigenvalue weighted by molar-refractivity contribution is -0.153. The average Bonchev–Trinajstić information content (AvgIpc) is 3.41. The van der Waals surface area contributed by atoms with Crippen molar-refractivity contribution in [3.8, 4) is 16.9 Å². The molecule has 11 heteroatoms. The zero-order valence-corrected chi connectivity index (χ0v) is 25.1. The fourth-order valence-electron chi connectivity index (χ4n) is 6.75. The monoisotopic (exact) mass is 595 g/mol. The first kappa shape index (κ1) is 30.0. The Morgan fingerprint density at radius 1 is 1.21 bits per heavy atom. The number of thiophene rings is 1. The molecule has 4 atom stereocenters. The van der Waals surface area contributed by atoms with E-state index < -0.39 is 58.0 Å². The molecule has 5 rings (SSSR count). The van der Waals surface area contributed by atoms with E-state index in [4.69, 9.17) is 5.73 Å². The highest BCUT2D eigenvalue weighted by Crippen LogP contribution is 2.54. The molecule has 1 aromatic heterocycles. The molecular formula is C31H37N3O7S. The summed E-state index contributed by atoms with van der Waals surface area (Å²) in [4.78, 5) is 41.1. The number of likely N-dealkylation sites (N-methyl/N-ethyl adjacent to an activating group) is 1. The summed E-state index contributed by atoms with van der Waals surface area (Å²) >= 11 is 1.51. The highest BCUT2D eigenvalue weighted by molar-refractivity contribution is 7.08. The van der Waals surface area contributed by atoms with Crippen molar-refractivity contribution in [3.05, 3.63) is 56.5 Å². The molecule has 224 valence electrons. The highest BCUT2D eigenvalue weighted by Gasteiger charge is 2.64. The number of carbonyl (C=O) groups is 3. The van der Waals surface area contributed by atoms with E-state index in [1.165, 1.54) is 16.2 Å². The second-order valence-corrected chi connectivity index (χ2v) is 13.7. The van der Waals surface area contributed by atoms with Crippen molar-refractivity contribution < 1.29 is 34.8 Å². The van der Waals surface area contributed by atoms with Crippen LogP contribution >= 0.6 is 11.3 Å². The van der Waals surface area contributed by atoms with Crippen LogP contribution in [0, 0.1) is 17.3 Å². The van der Waals surface area contributed by atoms with Gasteiger partial charge in [-0.2, -0.15) is 11.3 Å². The fourth-order valence-corrected chi connectivity index (χ4v) is 7.41. The van der Waals surface area contributed by atoms with Gasteiger partial charge in [-0.25, -0.2) is 0 Å². The minimum atomic E-state index is -2.66. The number of carbonyl (C=O) groups excluding carboxylic acids is 3. The van der Waals surface area contributed by atoms with Crippen LogP contribution in [0.1, 0.15) is 43.9 Å². The summed E-state index contributed by atoms with van der Waals surface area (Å²) < 4.78 is 0. The van der Waals surface area contributed by atoms with Gasteiger partial charge in [0.2, 0.25) is 5.78 Å². The van der Waals surface area contributed by atoms with Gasteiger partial charge in [0.15, 0.2) is 11.4 Å². The minimum absolute atomic E-state index is 0.0110. The molecule has 2 aromatic rings. The number of hydrogen-bond donors (Lipinski definition) is 6. The molecule has 7 N–H and O–H groups in total. The molecule has 42 heavy (non-hydrogen) atoms. The lowest BCUT2D eigenvalue weighted by Gasteiger charge is -2.50. The summed E-state index contributed by atoms with van der Waals surface area (Å²) in [5.41, 5.74) is 4.72. The van der Waals surface area contributed by atoms with Gasteiger partial charge in [-0.1, -0.05) is 20.8 Å². The van der Waals surface area contributed by atoms with E-state index in [0.29, 0.717) is 24.2 Å². The van der Waals surface area contributed by atoms with Gasteiger partial charge < -0.3 is 31.5 Å². The van der Waals surface area contributed by atoms with Gasteiger partial charge >= 0.3 is 0 Å². The van der Waals surface area contributed by atoms with Crippen LogP contribution in [0.2, 0.25) is 0 Å². The predicted molar refractivity (Wildman–Crippen MR) is 159 cm³/mol. The van der Waals surface area contributed by atoms with E-state index in [-0.39, 0.29) is 35.1 Å². The summed E-state index contributed by atoms with van der Waals surface area (Å²) in [5.74, 6) is -6.56. The van der Waals surface area contributed by atoms with Crippen molar-refractivity contribution in [3.63, 3.8) is 0 Å². The molecular weight excluding hydrogens is 558 g/mol. The maximum Gasteiger partial charge on any atom is 0.255 e. The van der Waals surface area contributed by atoms with E-state index in [2.05, 4.69) is 26.1 Å². The van der Waals surface area contributed by atoms with E-state index in [1.54, 1.807) is 14.1 Å². The molecule has 10 nitrogen and oxygen atoms in total. The van der Waals surface area contributed by atoms with Gasteiger partial charge in [-0.3, -0.25) is 19.3 Å². The van der Waals surface area contributed by atoms with Crippen LogP contribution in [0.3, 0.4) is 0 Å². The van der Waals surface area contributed by atoms with Crippen LogP contribution in [-0.2, 0) is 27.3 Å². The molecule has 1 heterocycles. The van der Waals surface area contributed by atoms with E-state index in [0.717, 1.165) is 11.1 Å². The summed E-state index contributed by atoms with van der Waals surface area (Å²) in [6.45, 7) is 7.22. The largest absolute Gasteiger partial charge is 0.508 e. The first-order chi connectivity index (χ1) is 19.6. The van der Waals surface area contributed by atoms with Crippen LogP contribution < -0.4 is 11.1 Å². The number of amides is 1. The van der Waals surface area contributed by atoms with Gasteiger partial charge in [0.25, 0.3) is 5.91 Å². The Bertz CT molecular complexity index is 1550. The van der Waals surface area contributed by atoms with Crippen LogP contribution in [0.15, 0.2) is 39.8 Å². The first-order valence-electron chi connectivity index (χ1n) is 13.8. The number of benzene rings is 1. The number of nitrogens with two attached hydrogens (primary N) is 1. The zero-order chi connectivity index (χ0) is 30.9. The summed E-state index contributed by atoms with van der Waals surface area (Å²) in [5, 5.41) is 53.3. The molecule has 1 aromatic carbocycles. The van der Waals surface area contributed by atoms with Crippen molar-refractivity contribution >= 4 is 34.6 Å². The Morgan fingerprint density at radius 3 is 2.48 bits per heavy atom. The van der Waals surface area contributed by atoms with E-state index in [9.17, 15) is 34.8 Å². The average molecular weight is 596 g/mol. The molecule has 3 aliphatic rings. The molecule has 1 fully saturated rings. The first-order valence-corrected chi connectivity index (χ1v) is 14.8. The molecule has 0 bridgehead atoms. The number of nitrogens with one attached hydrogen (secondary N) is 1. The normalized spacial score (nSPS) is 25.9. The highest BCUT2D eigenvalue weighted by atomic mass is 32.1. The number of rotatable bonds is 6. The number of Topliss-reactive ketones (excluding diaryl/α,β-unsaturated/α-hetero) is 2. The Morgan fingerprint density at radius 2 is 1.90 bits per heavy atom. The van der Waals surface area contributed by atoms with Gasteiger partial charge in [-0.15, -0.1) is 0 Å². The quantitative estimate of drug-likeness (QED) is 0.275. The lowest BCUT2D eigenvalue weighted by atomic mass is 9.57. The Kier molecular flexibility index (Phi) is 7.38. The maximum absolute atomic E-state index is 14.1. The maximum atomic E-state index is 14.1. The Hall–Kier alpha value is -3.51. The van der Waals surface area contributed by atoms with Gasteiger partial charge in [0, 0.05) is 30.1 Å². The molecule has 1 saturated carbocycles. The lowest BCUT2D eigenvalue weighted by Crippen LogP contribution is -2.65. The van der Waals surface area contributed by atoms with Crippen LogP contribution in [0.4, 0.5) is 0 Å². The van der Waals surface area contributed by atoms with Crippen LogP contribution in [-0.4, -0.2) is 75.1 Å². The van der Waals surface area contributed by atoms with Gasteiger partial charge in [-0.05, 0) is 77.9 Å². The summed E-state index contributed by atoms with van der Waals surface area (Å²) in [6.07, 6.45) is 0.285. The topological polar surface area (TPSA) is 173 Å². The van der Waals surface area contributed by atoms with Gasteiger partial charge in [0.05, 0.1) is 11.6 Å². The fraction of sp³-hybridized carbons (Fsp3) is 0.452. The number of nitrogens with zero attached hydrogens (tertiary/aromatic N) is 1. The zero-order valence-electron chi connectivity index (χ0n) is 24.3. The molecule has 1 amide bonds. The van der Waals surface area contributed by atoms with Crippen molar-refractivity contribution in [1.29, 1.82) is 0 Å². The SMILES string of the molecule is CN(C)C1C(=O)C(C(N)=O)=C(O)C2(O)C(=O)C3=C(O)c4c(O)c(CNCC(C)(C)C)cc(-c5ccsc5)c4CC3CC12. The third-order valence-corrected chi connectivity index (χ3v) is 9.29. The second kappa shape index (κ2) is 10.3. The smallest absolute Gasteiger partial charge is 0.255 e. The molecule has 0 spiro atoms. The third kappa shape index (κ3) is 4.55. The molecule has 3 aliphatic carbocycles. The standard InChI is InChI=1S/C31H37N3O7S/c1-30(2,3)13-33-11-16-9-17(14-6-7-42-12-14)18-8-15-10-19-23(34(4)5)26(37)22(29(32)40)28(39)31(19,41)27(38)20(15)25(36)21(18)24(16)35/h6-7,9,12,15,19,23,33,35-36,39,41H,8,10-11,13H2,1-5H3,(H2,32,40). The third-order valence-electron chi connectivity index (χ3n) is 8.60. The van der Waals surface area contributed by atoms with Gasteiger partial charge in [0.1, 0.15) is 22.8 Å². The number of hydrogen-bond acceptors (Lipinski definition) is 10. The molecule has 0 aliphatic heterocycles. The van der Waals surface area contributed by atoms with Crippen molar-refractivity contribution in [1.82, 2.24) is 10.2 Å². The van der Waals surface area contributed by atoms with Crippen LogP contribution in [0.5, 0.6) is 5.75 Å². The minimum Gasteiger partial charge on any atom is -0.508 e. The van der Waals surface area contributed by atoms with Crippen molar-refractivity contribution in [2.45, 2.75) is 51.8 Å². The number of phenols is 1. The predicted octanol–water partition coefficient (Wildman–Crippen LogP) is 2.83. The number of ketones is 2. The van der Waals surface area contributed by atoms with E-state index >= 15 is 0 Å². The Balaban J connectivity index is 1.71. The van der Waals surface area contributed by atoms with Crippen LogP contribution in [0.25, 0.3) is 16.9 Å². The number of aliphatic hydroxyl groups excluding tert-OH is 2. The molecule has 0 saturated heterocycles. The Labute approximate surface area is 248 Å². The number of fused-ring (bicyclic) bond motifs is 3. The molecule has 0 radical (unpaired) electrons. The van der Waals surface area contributed by atoms with Crippen molar-refractivity contribution in [2.75, 3.05) is 20.6 Å². The number of aliphatic hydroxyl groups is 3.